The Morgan fingerprint density at radius 1 is 1.50 bits per heavy atom. The number of methoxy groups -OCH3 is 1. The summed E-state index contributed by atoms with van der Waals surface area (Å²) in [6, 6.07) is 0. The Balaban J connectivity index is 2.78. The number of rotatable bonds is 2. The third-order valence-corrected chi connectivity index (χ3v) is 2.84. The van der Waals surface area contributed by atoms with E-state index in [4.69, 9.17) is 4.74 Å². The van der Waals surface area contributed by atoms with Gasteiger partial charge >= 0.3 is 0 Å². The normalized spacial score (nSPS) is 25.8. The minimum atomic E-state index is -0.382. The zero-order valence-electron chi connectivity index (χ0n) is 9.71. The monoisotopic (exact) mass is 198 g/mol. The van der Waals surface area contributed by atoms with Crippen LogP contribution in [0.5, 0.6) is 0 Å². The van der Waals surface area contributed by atoms with Gasteiger partial charge in [0.25, 0.3) is 0 Å². The number of hydrogen-bond acceptors (Lipinski definition) is 2. The number of aliphatic hydroxyl groups is 1. The van der Waals surface area contributed by atoms with Gasteiger partial charge in [-0.25, -0.2) is 0 Å². The van der Waals surface area contributed by atoms with Crippen LogP contribution in [0.15, 0.2) is 11.6 Å². The molecule has 0 spiro atoms. The van der Waals surface area contributed by atoms with Crippen molar-refractivity contribution >= 4 is 0 Å². The van der Waals surface area contributed by atoms with Crippen molar-refractivity contribution in [2.45, 2.75) is 52.2 Å². The largest absolute Gasteiger partial charge is 0.388 e. The number of hydrogen-bond donors (Lipinski definition) is 1. The number of allylic oxidation sites excluding steroid dienone is 1. The highest BCUT2D eigenvalue weighted by Crippen LogP contribution is 2.32. The Morgan fingerprint density at radius 2 is 2.14 bits per heavy atom. The van der Waals surface area contributed by atoms with E-state index in [-0.39, 0.29) is 17.6 Å². The van der Waals surface area contributed by atoms with Crippen LogP contribution in [0, 0.1) is 5.41 Å². The van der Waals surface area contributed by atoms with Crippen LogP contribution in [-0.4, -0.2) is 24.4 Å². The molecular weight excluding hydrogens is 176 g/mol. The maximum absolute atomic E-state index is 10.2. The van der Waals surface area contributed by atoms with Crippen LogP contribution in [-0.2, 0) is 4.74 Å². The first-order valence-electron chi connectivity index (χ1n) is 5.37. The van der Waals surface area contributed by atoms with E-state index in [2.05, 4.69) is 26.8 Å². The molecule has 2 heteroatoms. The van der Waals surface area contributed by atoms with Crippen molar-refractivity contribution < 1.29 is 9.84 Å². The molecule has 0 aliphatic heterocycles. The van der Waals surface area contributed by atoms with E-state index in [0.29, 0.717) is 0 Å². The molecule has 0 aromatic carbocycles. The minimum Gasteiger partial charge on any atom is -0.388 e. The Hall–Kier alpha value is -0.340. The quantitative estimate of drug-likeness (QED) is 0.691. The predicted octanol–water partition coefficient (Wildman–Crippen LogP) is 2.52. The summed E-state index contributed by atoms with van der Waals surface area (Å²) < 4.78 is 5.39. The topological polar surface area (TPSA) is 29.5 Å². The van der Waals surface area contributed by atoms with Crippen molar-refractivity contribution in [1.29, 1.82) is 0 Å². The second-order valence-corrected chi connectivity index (χ2v) is 5.13. The molecule has 14 heavy (non-hydrogen) atoms. The fraction of sp³-hybridized carbons (Fsp3) is 0.833. The van der Waals surface area contributed by atoms with Gasteiger partial charge in [0.05, 0.1) is 12.2 Å². The van der Waals surface area contributed by atoms with Crippen molar-refractivity contribution in [3.05, 3.63) is 11.6 Å². The zero-order valence-corrected chi connectivity index (χ0v) is 9.71. The first-order valence-corrected chi connectivity index (χ1v) is 5.37. The summed E-state index contributed by atoms with van der Waals surface area (Å²) in [5.41, 5.74) is 0.978. The molecule has 0 saturated carbocycles. The summed E-state index contributed by atoms with van der Waals surface area (Å²) >= 11 is 0. The maximum atomic E-state index is 10.2. The van der Waals surface area contributed by atoms with Gasteiger partial charge in [0.1, 0.15) is 0 Å². The fourth-order valence-corrected chi connectivity index (χ4v) is 1.91. The average Bonchev–Trinajstić information content (AvgIpc) is 2.15. The Morgan fingerprint density at radius 3 is 2.64 bits per heavy atom. The van der Waals surface area contributed by atoms with Crippen molar-refractivity contribution in [3.63, 3.8) is 0 Å². The molecular formula is C12H22O2. The molecule has 0 aromatic rings. The Kier molecular flexibility index (Phi) is 3.73. The van der Waals surface area contributed by atoms with E-state index < -0.39 is 0 Å². The summed E-state index contributed by atoms with van der Waals surface area (Å²) in [5, 5.41) is 10.2. The van der Waals surface area contributed by atoms with Gasteiger partial charge in [-0.05, 0) is 30.3 Å². The van der Waals surface area contributed by atoms with Crippen LogP contribution >= 0.6 is 0 Å². The molecule has 1 rings (SSSR count). The van der Waals surface area contributed by atoms with Gasteiger partial charge in [0.2, 0.25) is 0 Å². The first-order chi connectivity index (χ1) is 6.46. The summed E-state index contributed by atoms with van der Waals surface area (Å²) in [6.45, 7) is 6.17. The smallest absolute Gasteiger partial charge is 0.0823 e. The standard InChI is InChI=1S/C12H22O2/c1-12(2,3)11(13)9-7-5-6-8-10(9)14-4/h7,10-11,13H,5-6,8H2,1-4H3/t10-,11-/m0/s1. The van der Waals surface area contributed by atoms with E-state index in [1.807, 2.05) is 0 Å². The van der Waals surface area contributed by atoms with Crippen molar-refractivity contribution in [3.8, 4) is 0 Å². The molecule has 82 valence electrons. The Labute approximate surface area is 87.0 Å². The minimum absolute atomic E-state index is 0.0973. The summed E-state index contributed by atoms with van der Waals surface area (Å²) in [4.78, 5) is 0. The summed E-state index contributed by atoms with van der Waals surface area (Å²) in [6.07, 6.45) is 5.16. The molecule has 1 N–H and O–H groups in total. The van der Waals surface area contributed by atoms with Gasteiger partial charge in [-0.3, -0.25) is 0 Å². The number of ether oxygens (including phenoxy) is 1. The van der Waals surface area contributed by atoms with Gasteiger partial charge in [-0.2, -0.15) is 0 Å². The average molecular weight is 198 g/mol. The van der Waals surface area contributed by atoms with Crippen molar-refractivity contribution in [2.75, 3.05) is 7.11 Å². The summed E-state index contributed by atoms with van der Waals surface area (Å²) in [7, 11) is 1.72. The zero-order chi connectivity index (χ0) is 10.8. The molecule has 0 saturated heterocycles. The highest BCUT2D eigenvalue weighted by molar-refractivity contribution is 5.18. The van der Waals surface area contributed by atoms with Crippen LogP contribution in [0.2, 0.25) is 0 Å². The van der Waals surface area contributed by atoms with Crippen LogP contribution in [0.25, 0.3) is 0 Å². The molecule has 2 nitrogen and oxygen atoms in total. The van der Waals surface area contributed by atoms with E-state index in [1.54, 1.807) is 7.11 Å². The molecule has 1 aliphatic rings. The predicted molar refractivity (Wildman–Crippen MR) is 58.2 cm³/mol. The molecule has 0 aromatic heterocycles. The van der Waals surface area contributed by atoms with Gasteiger partial charge in [-0.1, -0.05) is 26.8 Å². The van der Waals surface area contributed by atoms with Crippen LogP contribution in [0.3, 0.4) is 0 Å². The lowest BCUT2D eigenvalue weighted by Gasteiger charge is -2.34. The molecule has 0 fully saturated rings. The fourth-order valence-electron chi connectivity index (χ4n) is 1.91. The third kappa shape index (κ3) is 2.58. The second kappa shape index (κ2) is 4.45. The molecule has 0 unspecified atom stereocenters. The lowest BCUT2D eigenvalue weighted by Crippen LogP contribution is -2.35. The van der Waals surface area contributed by atoms with Crippen molar-refractivity contribution in [1.82, 2.24) is 0 Å². The maximum Gasteiger partial charge on any atom is 0.0823 e. The molecule has 0 bridgehead atoms. The van der Waals surface area contributed by atoms with E-state index in [1.165, 1.54) is 6.42 Å². The SMILES string of the molecule is CO[C@H]1CCCC=C1[C@H](O)C(C)(C)C. The highest BCUT2D eigenvalue weighted by Gasteiger charge is 2.31. The summed E-state index contributed by atoms with van der Waals surface area (Å²) in [5.74, 6) is 0. The molecule has 0 heterocycles. The van der Waals surface area contributed by atoms with Crippen LogP contribution in [0.4, 0.5) is 0 Å². The highest BCUT2D eigenvalue weighted by atomic mass is 16.5. The number of aliphatic hydroxyl groups excluding tert-OH is 1. The van der Waals surface area contributed by atoms with E-state index >= 15 is 0 Å². The lowest BCUT2D eigenvalue weighted by molar-refractivity contribution is 0.0429. The molecule has 0 amide bonds. The third-order valence-electron chi connectivity index (χ3n) is 2.84. The van der Waals surface area contributed by atoms with Gasteiger partial charge in [-0.15, -0.1) is 0 Å². The van der Waals surface area contributed by atoms with Crippen LogP contribution < -0.4 is 0 Å². The Bertz CT molecular complexity index is 213. The van der Waals surface area contributed by atoms with Gasteiger partial charge in [0, 0.05) is 7.11 Å². The van der Waals surface area contributed by atoms with Crippen molar-refractivity contribution in [2.24, 2.45) is 5.41 Å². The van der Waals surface area contributed by atoms with Gasteiger partial charge < -0.3 is 9.84 Å². The van der Waals surface area contributed by atoms with Gasteiger partial charge in [0.15, 0.2) is 0 Å². The van der Waals surface area contributed by atoms with E-state index in [9.17, 15) is 5.11 Å². The van der Waals surface area contributed by atoms with Crippen LogP contribution in [0.1, 0.15) is 40.0 Å². The lowest BCUT2D eigenvalue weighted by atomic mass is 9.79. The molecule has 0 radical (unpaired) electrons. The molecule has 2 atom stereocenters. The molecule has 1 aliphatic carbocycles. The first kappa shape index (κ1) is 11.7. The second-order valence-electron chi connectivity index (χ2n) is 5.13. The van der Waals surface area contributed by atoms with E-state index in [0.717, 1.165) is 18.4 Å².